The van der Waals surface area contributed by atoms with Crippen molar-refractivity contribution in [3.63, 3.8) is 0 Å². The summed E-state index contributed by atoms with van der Waals surface area (Å²) in [5.74, 6) is -0.358. The van der Waals surface area contributed by atoms with E-state index in [2.05, 4.69) is 10.6 Å². The molecule has 1 aromatic carbocycles. The molecule has 2 amide bonds. The van der Waals surface area contributed by atoms with Crippen molar-refractivity contribution in [1.29, 1.82) is 0 Å². The molecule has 0 heterocycles. The minimum Gasteiger partial charge on any atom is -0.350 e. The van der Waals surface area contributed by atoms with Crippen LogP contribution < -0.4 is 10.6 Å². The summed E-state index contributed by atoms with van der Waals surface area (Å²) in [7, 11) is 1.72. The van der Waals surface area contributed by atoms with Gasteiger partial charge in [0.05, 0.1) is 22.6 Å². The van der Waals surface area contributed by atoms with Gasteiger partial charge >= 0.3 is 0 Å². The van der Waals surface area contributed by atoms with E-state index in [1.807, 2.05) is 20.8 Å². The molecule has 128 valence electrons. The average Bonchev–Trinajstić information content (AvgIpc) is 2.40. The minimum atomic E-state index is -0.422. The lowest BCUT2D eigenvalue weighted by Gasteiger charge is -2.28. The van der Waals surface area contributed by atoms with Gasteiger partial charge in [-0.2, -0.15) is 0 Å². The molecule has 0 radical (unpaired) electrons. The number of nitrogens with zero attached hydrogens (tertiary/aromatic N) is 1. The first kappa shape index (κ1) is 19.7. The van der Waals surface area contributed by atoms with E-state index in [0.29, 0.717) is 15.7 Å². The Labute approximate surface area is 147 Å². The summed E-state index contributed by atoms with van der Waals surface area (Å²) in [6, 6.07) is 4.44. The molecule has 0 spiro atoms. The Morgan fingerprint density at radius 3 is 2.35 bits per heavy atom. The smallest absolute Gasteiger partial charge is 0.238 e. The maximum Gasteiger partial charge on any atom is 0.238 e. The Kier molecular flexibility index (Phi) is 6.86. The van der Waals surface area contributed by atoms with Gasteiger partial charge in [0.1, 0.15) is 0 Å². The molecule has 23 heavy (non-hydrogen) atoms. The predicted octanol–water partition coefficient (Wildman–Crippen LogP) is 3.17. The highest BCUT2D eigenvalue weighted by atomic mass is 35.5. The van der Waals surface area contributed by atoms with E-state index in [-0.39, 0.29) is 23.9 Å². The van der Waals surface area contributed by atoms with Crippen LogP contribution in [0.2, 0.25) is 10.0 Å². The first-order valence-corrected chi connectivity index (χ1v) is 8.02. The van der Waals surface area contributed by atoms with Gasteiger partial charge in [0.2, 0.25) is 11.8 Å². The molecule has 0 fully saturated rings. The first-order valence-electron chi connectivity index (χ1n) is 7.27. The van der Waals surface area contributed by atoms with Crippen molar-refractivity contribution in [3.05, 3.63) is 28.2 Å². The molecule has 1 atom stereocenters. The van der Waals surface area contributed by atoms with Crippen LogP contribution in [0.1, 0.15) is 27.7 Å². The zero-order valence-corrected chi connectivity index (χ0v) is 15.5. The predicted molar refractivity (Wildman–Crippen MR) is 95.1 cm³/mol. The van der Waals surface area contributed by atoms with Gasteiger partial charge in [-0.25, -0.2) is 0 Å². The standard InChI is InChI=1S/C16H23Cl2N3O2/c1-10(15(23)20-16(2,3)4)21(5)9-14(22)19-11-6-7-12(17)13(18)8-11/h6-8,10H,9H2,1-5H3,(H,19,22)(H,20,23). The lowest BCUT2D eigenvalue weighted by molar-refractivity contribution is -0.127. The zero-order valence-electron chi connectivity index (χ0n) is 14.0. The molecule has 7 heteroatoms. The van der Waals surface area contributed by atoms with Crippen LogP contribution >= 0.6 is 23.2 Å². The van der Waals surface area contributed by atoms with E-state index in [9.17, 15) is 9.59 Å². The second kappa shape index (κ2) is 7.99. The van der Waals surface area contributed by atoms with Gasteiger partial charge < -0.3 is 10.6 Å². The molecule has 1 rings (SSSR count). The van der Waals surface area contributed by atoms with E-state index in [4.69, 9.17) is 23.2 Å². The van der Waals surface area contributed by atoms with Crippen molar-refractivity contribution in [2.45, 2.75) is 39.3 Å². The van der Waals surface area contributed by atoms with Crippen LogP contribution in [-0.4, -0.2) is 41.9 Å². The summed E-state index contributed by atoms with van der Waals surface area (Å²) >= 11 is 11.7. The topological polar surface area (TPSA) is 61.4 Å². The molecule has 0 bridgehead atoms. The van der Waals surface area contributed by atoms with Gasteiger partial charge in [0.15, 0.2) is 0 Å². The Balaban J connectivity index is 2.58. The van der Waals surface area contributed by atoms with Gasteiger partial charge in [-0.15, -0.1) is 0 Å². The summed E-state index contributed by atoms with van der Waals surface area (Å²) < 4.78 is 0. The third-order valence-electron chi connectivity index (χ3n) is 3.14. The number of rotatable bonds is 5. The number of likely N-dealkylation sites (N-methyl/N-ethyl adjacent to an activating group) is 1. The SMILES string of the molecule is CC(C(=O)NC(C)(C)C)N(C)CC(=O)Nc1ccc(Cl)c(Cl)c1. The minimum absolute atomic E-state index is 0.0823. The number of hydrogen-bond acceptors (Lipinski definition) is 3. The lowest BCUT2D eigenvalue weighted by Crippen LogP contribution is -2.51. The molecular formula is C16H23Cl2N3O2. The van der Waals surface area contributed by atoms with Crippen LogP contribution in [0.25, 0.3) is 0 Å². The monoisotopic (exact) mass is 359 g/mol. The van der Waals surface area contributed by atoms with Crippen LogP contribution in [0.5, 0.6) is 0 Å². The normalized spacial score (nSPS) is 12.9. The van der Waals surface area contributed by atoms with Gasteiger partial charge in [0.25, 0.3) is 0 Å². The van der Waals surface area contributed by atoms with Crippen molar-refractivity contribution in [1.82, 2.24) is 10.2 Å². The van der Waals surface area contributed by atoms with Crippen LogP contribution in [-0.2, 0) is 9.59 Å². The molecule has 2 N–H and O–H groups in total. The van der Waals surface area contributed by atoms with Crippen molar-refractivity contribution in [2.75, 3.05) is 18.9 Å². The van der Waals surface area contributed by atoms with Crippen LogP contribution in [0.4, 0.5) is 5.69 Å². The highest BCUT2D eigenvalue weighted by Crippen LogP contribution is 2.24. The summed E-state index contributed by atoms with van der Waals surface area (Å²) in [6.45, 7) is 7.57. The summed E-state index contributed by atoms with van der Waals surface area (Å²) in [4.78, 5) is 25.9. The second-order valence-corrected chi connectivity index (χ2v) is 7.32. The molecule has 0 aromatic heterocycles. The maximum atomic E-state index is 12.1. The number of halogens is 2. The zero-order chi connectivity index (χ0) is 17.8. The number of carbonyl (C=O) groups excluding carboxylic acids is 2. The molecule has 0 aliphatic heterocycles. The molecule has 0 aliphatic carbocycles. The van der Waals surface area contributed by atoms with Crippen LogP contribution in [0.15, 0.2) is 18.2 Å². The highest BCUT2D eigenvalue weighted by molar-refractivity contribution is 6.42. The number of benzene rings is 1. The number of nitrogens with one attached hydrogen (secondary N) is 2. The maximum absolute atomic E-state index is 12.1. The van der Waals surface area contributed by atoms with Crippen molar-refractivity contribution in [3.8, 4) is 0 Å². The number of carbonyl (C=O) groups is 2. The number of anilines is 1. The largest absolute Gasteiger partial charge is 0.350 e. The van der Waals surface area contributed by atoms with Crippen LogP contribution in [0.3, 0.4) is 0 Å². The summed E-state index contributed by atoms with van der Waals surface area (Å²) in [5.41, 5.74) is 0.249. The van der Waals surface area contributed by atoms with Gasteiger partial charge in [-0.3, -0.25) is 14.5 Å². The molecule has 0 saturated carbocycles. The van der Waals surface area contributed by atoms with E-state index >= 15 is 0 Å². The lowest BCUT2D eigenvalue weighted by atomic mass is 10.1. The number of hydrogen-bond donors (Lipinski definition) is 2. The Bertz CT molecular complexity index is 585. The van der Waals surface area contributed by atoms with Crippen LogP contribution in [0, 0.1) is 0 Å². The summed E-state index contributed by atoms with van der Waals surface area (Å²) in [6.07, 6.45) is 0. The van der Waals surface area contributed by atoms with E-state index in [1.165, 1.54) is 0 Å². The van der Waals surface area contributed by atoms with Gasteiger partial charge in [0, 0.05) is 11.2 Å². The van der Waals surface area contributed by atoms with E-state index < -0.39 is 6.04 Å². The fourth-order valence-corrected chi connectivity index (χ4v) is 2.11. The van der Waals surface area contributed by atoms with E-state index in [1.54, 1.807) is 37.1 Å². The molecule has 1 unspecified atom stereocenters. The molecular weight excluding hydrogens is 337 g/mol. The van der Waals surface area contributed by atoms with Crippen molar-refractivity contribution >= 4 is 40.7 Å². The second-order valence-electron chi connectivity index (χ2n) is 6.51. The third-order valence-corrected chi connectivity index (χ3v) is 3.87. The third kappa shape index (κ3) is 6.77. The fraction of sp³-hybridized carbons (Fsp3) is 0.500. The Morgan fingerprint density at radius 1 is 1.22 bits per heavy atom. The average molecular weight is 360 g/mol. The van der Waals surface area contributed by atoms with Crippen molar-refractivity contribution in [2.24, 2.45) is 0 Å². The molecule has 1 aromatic rings. The fourth-order valence-electron chi connectivity index (χ4n) is 1.81. The number of amides is 2. The van der Waals surface area contributed by atoms with Crippen molar-refractivity contribution < 1.29 is 9.59 Å². The first-order chi connectivity index (χ1) is 10.5. The quantitative estimate of drug-likeness (QED) is 0.848. The summed E-state index contributed by atoms with van der Waals surface area (Å²) in [5, 5.41) is 6.42. The Morgan fingerprint density at radius 2 is 1.83 bits per heavy atom. The van der Waals surface area contributed by atoms with Gasteiger partial charge in [-0.1, -0.05) is 23.2 Å². The molecule has 5 nitrogen and oxygen atoms in total. The molecule has 0 aliphatic rings. The van der Waals surface area contributed by atoms with Gasteiger partial charge in [-0.05, 0) is 52.9 Å². The Hall–Kier alpha value is -1.30. The molecule has 0 saturated heterocycles. The highest BCUT2D eigenvalue weighted by Gasteiger charge is 2.23. The van der Waals surface area contributed by atoms with E-state index in [0.717, 1.165) is 0 Å².